The Labute approximate surface area is 113 Å². The molecule has 5 nitrogen and oxygen atoms in total. The zero-order valence-electron chi connectivity index (χ0n) is 11.5. The lowest BCUT2D eigenvalue weighted by molar-refractivity contribution is 0.187. The SMILES string of the molecule is Cc1c(C(C)NCC(C)O)cnn1-c1ccccn1. The van der Waals surface area contributed by atoms with Gasteiger partial charge in [-0.25, -0.2) is 9.67 Å². The minimum absolute atomic E-state index is 0.145. The number of aliphatic hydroxyl groups is 1. The number of rotatable bonds is 5. The molecule has 2 atom stereocenters. The first kappa shape index (κ1) is 13.7. The molecule has 0 aliphatic rings. The number of hydrogen-bond acceptors (Lipinski definition) is 4. The third kappa shape index (κ3) is 3.19. The molecule has 2 aromatic rings. The molecule has 0 saturated heterocycles. The molecule has 0 amide bonds. The van der Waals surface area contributed by atoms with Gasteiger partial charge in [-0.15, -0.1) is 0 Å². The van der Waals surface area contributed by atoms with E-state index in [0.717, 1.165) is 17.1 Å². The first-order valence-corrected chi connectivity index (χ1v) is 6.47. The quantitative estimate of drug-likeness (QED) is 0.857. The van der Waals surface area contributed by atoms with E-state index in [-0.39, 0.29) is 12.1 Å². The van der Waals surface area contributed by atoms with E-state index in [1.165, 1.54) is 0 Å². The van der Waals surface area contributed by atoms with Crippen LogP contribution in [0.25, 0.3) is 5.82 Å². The average molecular weight is 260 g/mol. The van der Waals surface area contributed by atoms with Gasteiger partial charge in [-0.05, 0) is 32.9 Å². The van der Waals surface area contributed by atoms with Crippen LogP contribution in [0.15, 0.2) is 30.6 Å². The number of pyridine rings is 1. The van der Waals surface area contributed by atoms with Crippen LogP contribution >= 0.6 is 0 Å². The molecule has 0 bridgehead atoms. The van der Waals surface area contributed by atoms with Crippen molar-refractivity contribution in [3.63, 3.8) is 0 Å². The number of hydrogen-bond donors (Lipinski definition) is 2. The van der Waals surface area contributed by atoms with E-state index in [1.807, 2.05) is 36.0 Å². The van der Waals surface area contributed by atoms with Gasteiger partial charge in [0.2, 0.25) is 0 Å². The second-order valence-corrected chi connectivity index (χ2v) is 4.76. The Morgan fingerprint density at radius 2 is 2.16 bits per heavy atom. The van der Waals surface area contributed by atoms with E-state index in [2.05, 4.69) is 22.3 Å². The Morgan fingerprint density at radius 3 is 2.79 bits per heavy atom. The third-order valence-corrected chi connectivity index (χ3v) is 3.10. The molecule has 2 aromatic heterocycles. The average Bonchev–Trinajstić information content (AvgIpc) is 2.79. The third-order valence-electron chi connectivity index (χ3n) is 3.10. The first-order valence-electron chi connectivity index (χ1n) is 6.47. The van der Waals surface area contributed by atoms with Crippen molar-refractivity contribution in [1.29, 1.82) is 0 Å². The molecule has 0 saturated carbocycles. The van der Waals surface area contributed by atoms with Crippen LogP contribution in [0.3, 0.4) is 0 Å². The van der Waals surface area contributed by atoms with Crippen LogP contribution in [0.5, 0.6) is 0 Å². The zero-order valence-corrected chi connectivity index (χ0v) is 11.5. The second kappa shape index (κ2) is 5.95. The van der Waals surface area contributed by atoms with Crippen LogP contribution in [0.4, 0.5) is 0 Å². The molecule has 19 heavy (non-hydrogen) atoms. The number of nitrogens with one attached hydrogen (secondary N) is 1. The topological polar surface area (TPSA) is 63.0 Å². The summed E-state index contributed by atoms with van der Waals surface area (Å²) in [6.45, 7) is 6.42. The lowest BCUT2D eigenvalue weighted by atomic mass is 10.1. The van der Waals surface area contributed by atoms with Crippen LogP contribution in [-0.4, -0.2) is 32.5 Å². The van der Waals surface area contributed by atoms with Crippen molar-refractivity contribution in [2.45, 2.75) is 32.9 Å². The summed E-state index contributed by atoms with van der Waals surface area (Å²) in [6.07, 6.45) is 3.25. The van der Waals surface area contributed by atoms with Crippen LogP contribution < -0.4 is 5.32 Å². The second-order valence-electron chi connectivity index (χ2n) is 4.76. The van der Waals surface area contributed by atoms with Crippen LogP contribution in [0, 0.1) is 6.92 Å². The molecule has 2 unspecified atom stereocenters. The highest BCUT2D eigenvalue weighted by molar-refractivity contribution is 5.29. The largest absolute Gasteiger partial charge is 0.392 e. The molecule has 0 aliphatic heterocycles. The van der Waals surface area contributed by atoms with Gasteiger partial charge >= 0.3 is 0 Å². The fourth-order valence-electron chi connectivity index (χ4n) is 2.01. The molecule has 0 spiro atoms. The van der Waals surface area contributed by atoms with Crippen molar-refractivity contribution in [3.05, 3.63) is 41.9 Å². The predicted molar refractivity (Wildman–Crippen MR) is 74.2 cm³/mol. The van der Waals surface area contributed by atoms with E-state index in [0.29, 0.717) is 6.54 Å². The summed E-state index contributed by atoms with van der Waals surface area (Å²) in [7, 11) is 0. The Morgan fingerprint density at radius 1 is 1.37 bits per heavy atom. The van der Waals surface area contributed by atoms with E-state index < -0.39 is 0 Å². The summed E-state index contributed by atoms with van der Waals surface area (Å²) in [6, 6.07) is 5.90. The molecule has 0 aliphatic carbocycles. The van der Waals surface area contributed by atoms with Crippen molar-refractivity contribution in [2.75, 3.05) is 6.54 Å². The molecule has 2 heterocycles. The summed E-state index contributed by atoms with van der Waals surface area (Å²) in [4.78, 5) is 4.30. The van der Waals surface area contributed by atoms with Gasteiger partial charge in [0, 0.05) is 30.0 Å². The van der Waals surface area contributed by atoms with Gasteiger partial charge < -0.3 is 10.4 Å². The van der Waals surface area contributed by atoms with Crippen LogP contribution in [0.2, 0.25) is 0 Å². The Kier molecular flexibility index (Phi) is 4.29. The summed E-state index contributed by atoms with van der Waals surface area (Å²) in [5, 5.41) is 17.0. The standard InChI is InChI=1S/C14H20N4O/c1-10(19)8-16-11(2)13-9-17-18(12(13)3)14-6-4-5-7-15-14/h4-7,9-11,16,19H,8H2,1-3H3. The fourth-order valence-corrected chi connectivity index (χ4v) is 2.01. The van der Waals surface area contributed by atoms with Gasteiger partial charge in [0.05, 0.1) is 12.3 Å². The smallest absolute Gasteiger partial charge is 0.153 e. The minimum Gasteiger partial charge on any atom is -0.392 e. The first-order chi connectivity index (χ1) is 9.09. The number of aliphatic hydroxyl groups excluding tert-OH is 1. The number of aromatic nitrogens is 3. The lowest BCUT2D eigenvalue weighted by Gasteiger charge is -2.15. The van der Waals surface area contributed by atoms with Gasteiger partial charge in [-0.3, -0.25) is 0 Å². The molecule has 102 valence electrons. The van der Waals surface area contributed by atoms with Crippen molar-refractivity contribution in [1.82, 2.24) is 20.1 Å². The van der Waals surface area contributed by atoms with Crippen molar-refractivity contribution in [3.8, 4) is 5.82 Å². The molecule has 0 radical (unpaired) electrons. The molecule has 2 rings (SSSR count). The van der Waals surface area contributed by atoms with Gasteiger partial charge in [0.25, 0.3) is 0 Å². The molecule has 0 aromatic carbocycles. The van der Waals surface area contributed by atoms with E-state index >= 15 is 0 Å². The Bertz CT molecular complexity index is 521. The van der Waals surface area contributed by atoms with E-state index in [9.17, 15) is 5.11 Å². The highest BCUT2D eigenvalue weighted by Crippen LogP contribution is 2.18. The van der Waals surface area contributed by atoms with Crippen LogP contribution in [0.1, 0.15) is 31.1 Å². The molecular formula is C14H20N4O. The van der Waals surface area contributed by atoms with Gasteiger partial charge in [0.1, 0.15) is 0 Å². The predicted octanol–water partition coefficient (Wildman–Crippen LogP) is 1.61. The lowest BCUT2D eigenvalue weighted by Crippen LogP contribution is -2.27. The van der Waals surface area contributed by atoms with E-state index in [4.69, 9.17) is 0 Å². The molecular weight excluding hydrogens is 240 g/mol. The highest BCUT2D eigenvalue weighted by Gasteiger charge is 2.14. The number of nitrogens with zero attached hydrogens (tertiary/aromatic N) is 3. The van der Waals surface area contributed by atoms with Crippen molar-refractivity contribution in [2.24, 2.45) is 0 Å². The summed E-state index contributed by atoms with van der Waals surface area (Å²) < 4.78 is 1.83. The van der Waals surface area contributed by atoms with Gasteiger partial charge in [0.15, 0.2) is 5.82 Å². The Hall–Kier alpha value is -1.72. The maximum absolute atomic E-state index is 9.31. The summed E-state index contributed by atoms with van der Waals surface area (Å²) in [5.41, 5.74) is 2.18. The van der Waals surface area contributed by atoms with Gasteiger partial charge in [-0.2, -0.15) is 5.10 Å². The summed E-state index contributed by atoms with van der Waals surface area (Å²) in [5.74, 6) is 0.814. The fraction of sp³-hybridized carbons (Fsp3) is 0.429. The maximum Gasteiger partial charge on any atom is 0.153 e. The monoisotopic (exact) mass is 260 g/mol. The Balaban J connectivity index is 2.19. The van der Waals surface area contributed by atoms with Gasteiger partial charge in [-0.1, -0.05) is 6.07 Å². The molecule has 5 heteroatoms. The van der Waals surface area contributed by atoms with Crippen molar-refractivity contribution >= 4 is 0 Å². The normalized spacial score (nSPS) is 14.3. The minimum atomic E-state index is -0.353. The van der Waals surface area contributed by atoms with Crippen molar-refractivity contribution < 1.29 is 5.11 Å². The van der Waals surface area contributed by atoms with Crippen LogP contribution in [-0.2, 0) is 0 Å². The summed E-state index contributed by atoms with van der Waals surface area (Å²) >= 11 is 0. The van der Waals surface area contributed by atoms with E-state index in [1.54, 1.807) is 13.1 Å². The molecule has 0 fully saturated rings. The zero-order chi connectivity index (χ0) is 13.8. The maximum atomic E-state index is 9.31. The highest BCUT2D eigenvalue weighted by atomic mass is 16.3. The molecule has 2 N–H and O–H groups in total.